The lowest BCUT2D eigenvalue weighted by Gasteiger charge is -2.33. The molecule has 2 amide bonds. The Morgan fingerprint density at radius 3 is 2.26 bits per heavy atom. The Hall–Kier alpha value is -4.17. The van der Waals surface area contributed by atoms with Crippen LogP contribution in [0, 0.1) is 0 Å². The van der Waals surface area contributed by atoms with Crippen LogP contribution in [-0.2, 0) is 16.1 Å². The second-order valence-corrected chi connectivity index (χ2v) is 11.4. The minimum Gasteiger partial charge on any atom is -0.368 e. The SMILES string of the molecule is CN1CCN(c2nc3ccccc3n2Cc2ccc(C3CCCCC3)cc2)CC1.NC(=O)C(NC=O)c1ccccc1. The van der Waals surface area contributed by atoms with Crippen molar-refractivity contribution in [3.63, 3.8) is 0 Å². The number of nitrogens with one attached hydrogen (secondary N) is 1. The van der Waals surface area contributed by atoms with Crippen LogP contribution in [0.3, 0.4) is 0 Å². The standard InChI is InChI=1S/C25H32N4.C9H10N2O2/c1-27-15-17-28(18-16-27)25-26-23-9-5-6-10-24(23)29(25)19-20-11-13-22(14-12-20)21-7-3-2-4-8-21;10-9(13)8(11-6-12)7-4-2-1-3-5-7/h5-6,9-14,21H,2-4,7-8,15-19H2,1H3;1-6,8H,(H2,10,13)(H,11,12). The summed E-state index contributed by atoms with van der Waals surface area (Å²) in [5.74, 6) is 1.32. The molecule has 1 atom stereocenters. The van der Waals surface area contributed by atoms with E-state index in [0.717, 1.165) is 50.1 Å². The van der Waals surface area contributed by atoms with E-state index >= 15 is 0 Å². The first-order valence-corrected chi connectivity index (χ1v) is 15.0. The summed E-state index contributed by atoms with van der Waals surface area (Å²) in [5.41, 5.74) is 11.0. The quantitative estimate of drug-likeness (QED) is 0.298. The first-order valence-electron chi connectivity index (χ1n) is 15.0. The smallest absolute Gasteiger partial charge is 0.244 e. The van der Waals surface area contributed by atoms with Gasteiger partial charge in [-0.15, -0.1) is 0 Å². The molecule has 42 heavy (non-hydrogen) atoms. The van der Waals surface area contributed by atoms with Crippen molar-refractivity contribution < 1.29 is 9.59 Å². The summed E-state index contributed by atoms with van der Waals surface area (Å²) in [7, 11) is 2.20. The molecule has 3 aromatic carbocycles. The van der Waals surface area contributed by atoms with E-state index < -0.39 is 11.9 Å². The van der Waals surface area contributed by atoms with Crippen molar-refractivity contribution in [2.45, 2.75) is 50.6 Å². The van der Waals surface area contributed by atoms with Crippen LogP contribution in [0.15, 0.2) is 78.9 Å². The summed E-state index contributed by atoms with van der Waals surface area (Å²) in [5, 5.41) is 2.34. The van der Waals surface area contributed by atoms with E-state index in [1.165, 1.54) is 48.7 Å². The zero-order valence-corrected chi connectivity index (χ0v) is 24.5. The molecule has 0 spiro atoms. The van der Waals surface area contributed by atoms with Crippen LogP contribution in [-0.4, -0.2) is 60.0 Å². The molecule has 0 radical (unpaired) electrons. The van der Waals surface area contributed by atoms with Crippen molar-refractivity contribution in [1.29, 1.82) is 0 Å². The monoisotopic (exact) mass is 566 g/mol. The molecule has 2 aliphatic rings. The van der Waals surface area contributed by atoms with Crippen LogP contribution in [0.4, 0.5) is 5.95 Å². The molecule has 8 nitrogen and oxygen atoms in total. The number of carbonyl (C=O) groups is 2. The van der Waals surface area contributed by atoms with Crippen molar-refractivity contribution in [2.75, 3.05) is 38.1 Å². The molecule has 1 aliphatic heterocycles. The normalized spacial score (nSPS) is 16.8. The molecule has 2 fully saturated rings. The maximum atomic E-state index is 10.9. The summed E-state index contributed by atoms with van der Waals surface area (Å²) in [6.07, 6.45) is 7.38. The van der Waals surface area contributed by atoms with E-state index in [0.29, 0.717) is 12.0 Å². The Morgan fingerprint density at radius 1 is 0.929 bits per heavy atom. The second-order valence-electron chi connectivity index (χ2n) is 11.4. The molecule has 6 rings (SSSR count). The number of amides is 2. The second kappa shape index (κ2) is 14.1. The lowest BCUT2D eigenvalue weighted by Crippen LogP contribution is -2.45. The number of nitrogens with two attached hydrogens (primary N) is 1. The first kappa shape index (κ1) is 29.3. The molecule has 2 heterocycles. The molecule has 4 aromatic rings. The number of para-hydroxylation sites is 2. The number of likely N-dealkylation sites (N-methyl/N-ethyl adjacent to an activating group) is 1. The third-order valence-corrected chi connectivity index (χ3v) is 8.47. The highest BCUT2D eigenvalue weighted by Crippen LogP contribution is 2.33. The van der Waals surface area contributed by atoms with E-state index in [1.807, 2.05) is 6.07 Å². The first-order chi connectivity index (χ1) is 20.5. The topological polar surface area (TPSA) is 96.5 Å². The van der Waals surface area contributed by atoms with E-state index in [2.05, 4.69) is 75.3 Å². The van der Waals surface area contributed by atoms with Crippen LogP contribution in [0.1, 0.15) is 60.8 Å². The fraction of sp³-hybridized carbons (Fsp3) is 0.382. The molecule has 1 saturated heterocycles. The third-order valence-electron chi connectivity index (χ3n) is 8.47. The number of benzene rings is 3. The van der Waals surface area contributed by atoms with Gasteiger partial charge in [-0.05, 0) is 54.6 Å². The van der Waals surface area contributed by atoms with Crippen LogP contribution in [0.25, 0.3) is 11.0 Å². The Labute approximate surface area is 248 Å². The van der Waals surface area contributed by atoms with Crippen LogP contribution in [0.2, 0.25) is 0 Å². The largest absolute Gasteiger partial charge is 0.368 e. The van der Waals surface area contributed by atoms with Crippen molar-refractivity contribution in [3.8, 4) is 0 Å². The predicted octanol–water partition coefficient (Wildman–Crippen LogP) is 4.84. The van der Waals surface area contributed by atoms with Gasteiger partial charge in [-0.25, -0.2) is 4.98 Å². The molecule has 1 aromatic heterocycles. The number of fused-ring (bicyclic) bond motifs is 1. The van der Waals surface area contributed by atoms with Gasteiger partial charge in [-0.3, -0.25) is 9.59 Å². The molecule has 1 aliphatic carbocycles. The van der Waals surface area contributed by atoms with Crippen molar-refractivity contribution in [1.82, 2.24) is 19.8 Å². The number of carbonyl (C=O) groups excluding carboxylic acids is 2. The fourth-order valence-corrected chi connectivity index (χ4v) is 6.04. The predicted molar refractivity (Wildman–Crippen MR) is 168 cm³/mol. The molecular formula is C34H42N6O2. The van der Waals surface area contributed by atoms with Gasteiger partial charge in [0.05, 0.1) is 17.6 Å². The highest BCUT2D eigenvalue weighted by Gasteiger charge is 2.21. The number of hydrogen-bond acceptors (Lipinski definition) is 5. The lowest BCUT2D eigenvalue weighted by atomic mass is 9.84. The lowest BCUT2D eigenvalue weighted by molar-refractivity contribution is -0.122. The van der Waals surface area contributed by atoms with Gasteiger partial charge < -0.3 is 25.4 Å². The third kappa shape index (κ3) is 7.18. The number of aromatic nitrogens is 2. The Bertz CT molecular complexity index is 1440. The zero-order chi connectivity index (χ0) is 29.3. The molecule has 1 saturated carbocycles. The molecule has 1 unspecified atom stereocenters. The number of primary amides is 1. The average Bonchev–Trinajstić information content (AvgIpc) is 3.40. The summed E-state index contributed by atoms with van der Waals surface area (Å²) < 4.78 is 2.41. The van der Waals surface area contributed by atoms with E-state index in [9.17, 15) is 9.59 Å². The van der Waals surface area contributed by atoms with Crippen LogP contribution < -0.4 is 16.0 Å². The number of piperazine rings is 1. The number of imidazole rings is 1. The van der Waals surface area contributed by atoms with Crippen molar-refractivity contribution >= 4 is 29.3 Å². The average molecular weight is 567 g/mol. The molecule has 3 N–H and O–H groups in total. The van der Waals surface area contributed by atoms with Gasteiger partial charge in [0.25, 0.3) is 0 Å². The van der Waals surface area contributed by atoms with Gasteiger partial charge in [0.2, 0.25) is 18.3 Å². The van der Waals surface area contributed by atoms with Gasteiger partial charge in [0.1, 0.15) is 6.04 Å². The maximum absolute atomic E-state index is 10.9. The summed E-state index contributed by atoms with van der Waals surface area (Å²) >= 11 is 0. The zero-order valence-electron chi connectivity index (χ0n) is 24.5. The number of nitrogens with zero attached hydrogens (tertiary/aromatic N) is 4. The molecule has 0 bridgehead atoms. The molecular weight excluding hydrogens is 524 g/mol. The minimum absolute atomic E-state index is 0.461. The summed E-state index contributed by atoms with van der Waals surface area (Å²) in [4.78, 5) is 30.9. The van der Waals surface area contributed by atoms with Crippen molar-refractivity contribution in [2.24, 2.45) is 5.73 Å². The van der Waals surface area contributed by atoms with Gasteiger partial charge in [0, 0.05) is 26.2 Å². The van der Waals surface area contributed by atoms with Gasteiger partial charge in [0.15, 0.2) is 0 Å². The van der Waals surface area contributed by atoms with Crippen LogP contribution >= 0.6 is 0 Å². The Morgan fingerprint density at radius 2 is 1.60 bits per heavy atom. The Kier molecular flexibility index (Phi) is 9.87. The van der Waals surface area contributed by atoms with Crippen LogP contribution in [0.5, 0.6) is 0 Å². The summed E-state index contributed by atoms with van der Waals surface area (Å²) in [6, 6.07) is 26.1. The number of hydrogen-bond donors (Lipinski definition) is 2. The van der Waals surface area contributed by atoms with Gasteiger partial charge in [-0.1, -0.05) is 86.0 Å². The van der Waals surface area contributed by atoms with Gasteiger partial charge >= 0.3 is 0 Å². The molecule has 220 valence electrons. The van der Waals surface area contributed by atoms with E-state index in [-0.39, 0.29) is 0 Å². The number of rotatable bonds is 8. The maximum Gasteiger partial charge on any atom is 0.244 e. The Balaban J connectivity index is 0.000000229. The molecule has 8 heteroatoms. The number of anilines is 1. The van der Waals surface area contributed by atoms with E-state index in [4.69, 9.17) is 10.7 Å². The van der Waals surface area contributed by atoms with Crippen molar-refractivity contribution in [3.05, 3.63) is 95.6 Å². The summed E-state index contributed by atoms with van der Waals surface area (Å²) in [6.45, 7) is 5.16. The highest BCUT2D eigenvalue weighted by atomic mass is 16.2. The minimum atomic E-state index is -0.737. The van der Waals surface area contributed by atoms with Gasteiger partial charge in [-0.2, -0.15) is 0 Å². The van der Waals surface area contributed by atoms with E-state index in [1.54, 1.807) is 24.3 Å². The highest BCUT2D eigenvalue weighted by molar-refractivity contribution is 5.83. The fourth-order valence-electron chi connectivity index (χ4n) is 6.04.